The average Bonchev–Trinajstić information content (AvgIpc) is 3.77. The molecule has 2 atom stereocenters. The van der Waals surface area contributed by atoms with Crippen LogP contribution < -0.4 is 5.32 Å². The molecule has 1 amide bonds. The van der Waals surface area contributed by atoms with Crippen LogP contribution in [0.25, 0.3) is 23.3 Å². The van der Waals surface area contributed by atoms with Crippen molar-refractivity contribution in [3.05, 3.63) is 166 Å². The number of carbonyl (C=O) groups is 2. The Bertz CT molecular complexity index is 2060. The minimum atomic E-state index is -0.450. The highest BCUT2D eigenvalue weighted by Crippen LogP contribution is 2.43. The molecule has 0 saturated carbocycles. The largest absolute Gasteiger partial charge is 0.332 e. The molecule has 0 fully saturated rings. The van der Waals surface area contributed by atoms with Gasteiger partial charge in [-0.3, -0.25) is 9.59 Å². The van der Waals surface area contributed by atoms with Gasteiger partial charge in [-0.05, 0) is 136 Å². The second-order valence-electron chi connectivity index (χ2n) is 15.8. The van der Waals surface area contributed by atoms with Crippen molar-refractivity contribution in [1.29, 1.82) is 0 Å². The molecule has 8 rings (SSSR count). The molecule has 2 aliphatic carbocycles. The lowest BCUT2D eigenvalue weighted by molar-refractivity contribution is -0.128. The lowest BCUT2D eigenvalue weighted by Crippen LogP contribution is -2.44. The Kier molecular flexibility index (Phi) is 13.9. The second-order valence-corrected chi connectivity index (χ2v) is 16.2. The van der Waals surface area contributed by atoms with Crippen LogP contribution in [-0.2, 0) is 22.4 Å². The van der Waals surface area contributed by atoms with E-state index in [-0.39, 0.29) is 11.9 Å². The molecule has 4 aromatic rings. The van der Waals surface area contributed by atoms with Gasteiger partial charge in [0.1, 0.15) is 0 Å². The number of carbonyl (C=O) groups excluding carboxylic acids is 2. The number of hydrogen-bond acceptors (Lipinski definition) is 3. The van der Waals surface area contributed by atoms with E-state index in [2.05, 4.69) is 86.4 Å². The van der Waals surface area contributed by atoms with Crippen molar-refractivity contribution in [2.24, 2.45) is 11.8 Å². The molecule has 0 saturated heterocycles. The van der Waals surface area contributed by atoms with Crippen molar-refractivity contribution in [1.82, 2.24) is 10.2 Å². The van der Waals surface area contributed by atoms with E-state index < -0.39 is 5.24 Å². The molecule has 0 radical (unpaired) electrons. The Labute approximate surface area is 333 Å². The van der Waals surface area contributed by atoms with Crippen LogP contribution in [0.15, 0.2) is 132 Å². The monoisotopic (exact) mass is 750 g/mol. The van der Waals surface area contributed by atoms with Gasteiger partial charge < -0.3 is 10.2 Å². The van der Waals surface area contributed by atoms with E-state index in [1.54, 1.807) is 23.3 Å². The quantitative estimate of drug-likeness (QED) is 0.144. The van der Waals surface area contributed by atoms with Gasteiger partial charge in [0.2, 0.25) is 11.1 Å². The molecular weight excluding hydrogens is 696 g/mol. The lowest BCUT2D eigenvalue weighted by Gasteiger charge is -2.38. The maximum absolute atomic E-state index is 13.0. The van der Waals surface area contributed by atoms with Crippen molar-refractivity contribution < 1.29 is 9.59 Å². The fourth-order valence-corrected chi connectivity index (χ4v) is 8.51. The first-order chi connectivity index (χ1) is 26.7. The first kappa shape index (κ1) is 39.9. The van der Waals surface area contributed by atoms with Gasteiger partial charge in [-0.2, -0.15) is 0 Å². The molecule has 2 aliphatic heterocycles. The van der Waals surface area contributed by atoms with Crippen molar-refractivity contribution in [2.75, 3.05) is 13.1 Å². The van der Waals surface area contributed by atoms with Crippen LogP contribution in [0, 0.1) is 11.8 Å². The minimum absolute atomic E-state index is 0.131. The molecule has 0 bridgehead atoms. The third kappa shape index (κ3) is 10.5. The highest BCUT2D eigenvalue weighted by Gasteiger charge is 2.36. The number of hydrogen-bond donors (Lipinski definition) is 1. The summed E-state index contributed by atoms with van der Waals surface area (Å²) in [5.41, 5.74) is 14.2. The van der Waals surface area contributed by atoms with Crippen LogP contribution >= 0.6 is 11.6 Å². The van der Waals surface area contributed by atoms with Gasteiger partial charge in [-0.25, -0.2) is 0 Å². The van der Waals surface area contributed by atoms with E-state index in [4.69, 9.17) is 11.6 Å². The van der Waals surface area contributed by atoms with E-state index in [1.165, 1.54) is 58.7 Å². The number of allylic oxidation sites excluding steroid dienone is 1. The molecule has 0 aromatic heterocycles. The summed E-state index contributed by atoms with van der Waals surface area (Å²) in [5.74, 6) is 1.45. The molecule has 1 N–H and O–H groups in total. The maximum atomic E-state index is 13.0. The summed E-state index contributed by atoms with van der Waals surface area (Å²) in [5, 5.41) is 3.25. The predicted octanol–water partition coefficient (Wildman–Crippen LogP) is 11.2. The van der Waals surface area contributed by atoms with E-state index in [0.717, 1.165) is 49.4 Å². The normalized spacial score (nSPS) is 18.4. The zero-order valence-electron chi connectivity index (χ0n) is 32.8. The van der Waals surface area contributed by atoms with Crippen LogP contribution in [0.2, 0.25) is 0 Å². The van der Waals surface area contributed by atoms with Gasteiger partial charge in [0, 0.05) is 18.7 Å². The fraction of sp³-hybridized carbons (Fsp3) is 0.320. The summed E-state index contributed by atoms with van der Waals surface area (Å²) < 4.78 is 0. The van der Waals surface area contributed by atoms with Crippen molar-refractivity contribution >= 4 is 46.0 Å². The summed E-state index contributed by atoms with van der Waals surface area (Å²) in [6.45, 7) is 11.1. The van der Waals surface area contributed by atoms with Gasteiger partial charge >= 0.3 is 0 Å². The Morgan fingerprint density at radius 2 is 1.18 bits per heavy atom. The summed E-state index contributed by atoms with van der Waals surface area (Å²) in [7, 11) is 0. The molecule has 5 heteroatoms. The molecule has 2 unspecified atom stereocenters. The standard InChI is InChI=1S/C25H27NO.C16H21N.C9H7ClO/c1-18(2)16-24-23-17-20-10-6-7-11-21(20)22(23)14-15-26(24)25(27)13-12-19-8-4-3-5-9-19;1-11(2)9-16-15-10-12-5-3-4-6-13(12)14(15)7-8-17-16;10-9(11)7-6-8-4-2-1-3-5-8/h3-13,18,24H,14-17H2,1-2H3;3-6,11,16-17H,7-10H2,1-2H3;1-7H/b13-12+;;7-6+. The lowest BCUT2D eigenvalue weighted by atomic mass is 9.87. The zero-order valence-corrected chi connectivity index (χ0v) is 33.6. The van der Waals surface area contributed by atoms with Gasteiger partial charge in [0.05, 0.1) is 6.04 Å². The zero-order chi connectivity index (χ0) is 38.7. The summed E-state index contributed by atoms with van der Waals surface area (Å²) >= 11 is 5.10. The number of halogens is 1. The number of benzene rings is 4. The summed E-state index contributed by atoms with van der Waals surface area (Å²) in [6.07, 6.45) is 13.3. The van der Waals surface area contributed by atoms with Gasteiger partial charge in [-0.1, -0.05) is 143 Å². The van der Waals surface area contributed by atoms with E-state index in [0.29, 0.717) is 12.0 Å². The summed E-state index contributed by atoms with van der Waals surface area (Å²) in [4.78, 5) is 25.4. The highest BCUT2D eigenvalue weighted by atomic mass is 35.5. The Balaban J connectivity index is 0.000000156. The molecule has 55 heavy (non-hydrogen) atoms. The van der Waals surface area contributed by atoms with Crippen LogP contribution in [0.3, 0.4) is 0 Å². The molecule has 284 valence electrons. The fourth-order valence-electron chi connectivity index (χ4n) is 8.45. The van der Waals surface area contributed by atoms with Gasteiger partial charge in [-0.15, -0.1) is 0 Å². The smallest absolute Gasteiger partial charge is 0.247 e. The number of fused-ring (bicyclic) bond motifs is 4. The van der Waals surface area contributed by atoms with E-state index in [1.807, 2.05) is 66.7 Å². The number of rotatable bonds is 8. The molecule has 4 aliphatic rings. The predicted molar refractivity (Wildman–Crippen MR) is 231 cm³/mol. The van der Waals surface area contributed by atoms with Crippen LogP contribution in [0.1, 0.15) is 86.8 Å². The topological polar surface area (TPSA) is 49.4 Å². The molecule has 4 aromatic carbocycles. The van der Waals surface area contributed by atoms with Crippen LogP contribution in [0.5, 0.6) is 0 Å². The highest BCUT2D eigenvalue weighted by molar-refractivity contribution is 6.66. The first-order valence-corrected chi connectivity index (χ1v) is 20.4. The molecule has 2 heterocycles. The average molecular weight is 751 g/mol. The Morgan fingerprint density at radius 3 is 1.75 bits per heavy atom. The van der Waals surface area contributed by atoms with Crippen molar-refractivity contribution in [3.8, 4) is 0 Å². The molecule has 4 nitrogen and oxygen atoms in total. The van der Waals surface area contributed by atoms with E-state index in [9.17, 15) is 9.59 Å². The Hall–Kier alpha value is -4.77. The first-order valence-electron chi connectivity index (χ1n) is 20.0. The Morgan fingerprint density at radius 1 is 0.673 bits per heavy atom. The SMILES string of the molecule is CC(C)CC1C2=C(CCN1C(=O)/C=C/c1ccccc1)c1ccccc1C2.CC(C)CC1NCCC2=C1Cc1ccccc12.O=C(Cl)/C=C/c1ccccc1. The number of nitrogens with one attached hydrogen (secondary N) is 1. The number of amides is 1. The van der Waals surface area contributed by atoms with E-state index >= 15 is 0 Å². The molecular formula is C50H55ClN2O2. The second kappa shape index (κ2) is 19.2. The van der Waals surface area contributed by atoms with Gasteiger partial charge in [0.25, 0.3) is 0 Å². The van der Waals surface area contributed by atoms with Crippen molar-refractivity contribution in [3.63, 3.8) is 0 Å². The molecule has 0 spiro atoms. The third-order valence-electron chi connectivity index (χ3n) is 10.9. The summed E-state index contributed by atoms with van der Waals surface area (Å²) in [6, 6.07) is 38.1. The minimum Gasteiger partial charge on any atom is -0.332 e. The third-order valence-corrected chi connectivity index (χ3v) is 11.0. The number of nitrogens with zero attached hydrogens (tertiary/aromatic N) is 1. The van der Waals surface area contributed by atoms with Crippen LogP contribution in [-0.4, -0.2) is 41.2 Å². The van der Waals surface area contributed by atoms with Crippen LogP contribution in [0.4, 0.5) is 0 Å². The van der Waals surface area contributed by atoms with Gasteiger partial charge in [0.15, 0.2) is 0 Å². The van der Waals surface area contributed by atoms with Crippen molar-refractivity contribution in [2.45, 2.75) is 78.3 Å². The maximum Gasteiger partial charge on any atom is 0.247 e.